The number of nitrogens with zero attached hydrogens (tertiary/aromatic N) is 1. The highest BCUT2D eigenvalue weighted by Gasteiger charge is 2.18. The van der Waals surface area contributed by atoms with Crippen molar-refractivity contribution in [3.05, 3.63) is 518 Å². The van der Waals surface area contributed by atoms with Crippen LogP contribution in [0.2, 0.25) is 0 Å². The summed E-state index contributed by atoms with van der Waals surface area (Å²) in [6.45, 7) is 15.1. The van der Waals surface area contributed by atoms with Crippen molar-refractivity contribution < 1.29 is 0 Å². The Morgan fingerprint density at radius 3 is 1.21 bits per heavy atom. The van der Waals surface area contributed by atoms with Crippen molar-refractivity contribution in [2.75, 3.05) is 11.9 Å². The lowest BCUT2D eigenvalue weighted by atomic mass is 9.89. The van der Waals surface area contributed by atoms with Gasteiger partial charge in [-0.15, -0.1) is 22.7 Å². The Kier molecular flexibility index (Phi) is 25.3. The molecule has 27 rings (SSSR count). The van der Waals surface area contributed by atoms with Crippen molar-refractivity contribution in [1.29, 1.82) is 0 Å². The molecule has 3 heteroatoms. The first-order valence-electron chi connectivity index (χ1n) is 46.6. The monoisotopic (exact) mass is 1770 g/mol. The molecule has 2 aromatic heterocycles. The fourth-order valence-electron chi connectivity index (χ4n) is 19.5. The van der Waals surface area contributed by atoms with Crippen LogP contribution in [0, 0.1) is 48.5 Å². The molecule has 0 saturated carbocycles. The van der Waals surface area contributed by atoms with Gasteiger partial charge in [-0.3, -0.25) is 0 Å². The average Bonchev–Trinajstić information content (AvgIpc) is 1.21. The van der Waals surface area contributed by atoms with Crippen LogP contribution in [-0.2, 0) is 0 Å². The molecule has 0 unspecified atom stereocenters. The third-order valence-corrected chi connectivity index (χ3v) is 29.0. The largest absolute Gasteiger partial charge is 0.336 e. The third kappa shape index (κ3) is 18.3. The van der Waals surface area contributed by atoms with E-state index in [1.807, 2.05) is 28.7 Å². The molecule has 0 aliphatic heterocycles. The topological polar surface area (TPSA) is 3.24 Å². The number of rotatable bonds is 5. The Hall–Kier alpha value is -15.9. The molecule has 0 radical (unpaired) electrons. The van der Waals surface area contributed by atoms with Gasteiger partial charge >= 0.3 is 0 Å². The summed E-state index contributed by atoms with van der Waals surface area (Å²) >= 11 is 3.72. The highest BCUT2D eigenvalue weighted by Crippen LogP contribution is 2.46. The van der Waals surface area contributed by atoms with Crippen LogP contribution in [0.4, 0.5) is 10.7 Å². The van der Waals surface area contributed by atoms with E-state index in [0.29, 0.717) is 0 Å². The van der Waals surface area contributed by atoms with Gasteiger partial charge < -0.3 is 4.90 Å². The molecule has 1 nitrogen and oxygen atoms in total. The first kappa shape index (κ1) is 87.1. The maximum Gasteiger partial charge on any atom is 0.0957 e. The standard InChI is InChI=1S/C29H21NS2.C21H14.C17H12.2C15H12.C13H12.2C11H10/c1-30(25-15-7-11-21-9-3-5-13-23(21)25)29-19-18-28(32-29)27-17-16-26(31-27)24-14-6-10-20-8-2-4-12-22(20)24;1-13-11-12-19-17-9-3-6-14-5-2-8-16(20(14)17)18-10-4-7-15(13)21(18)19;1-11-5-6-14-8-7-12-3-2-4-13-9-10-15(11)17(14)16(12)13;1-11-14-8-4-2-6-12(14)10-13-7-3-5-9-15(11)13;1-11-10-12-6-2-3-8-14(12)15-9-5-4-7-13(11)15;1-11-7-9-13(10-8-11)12-5-3-2-4-6-12;1-9-5-4-7-10-6-2-3-8-11(9)10;1-9-6-7-10-4-2-3-5-11(10)8-9/h2-19H,1H3;2-12H,1H3;2-10H,1H3;2*2-10H,1H3;2-10H,1H3;2*2-8H,1H3. The second kappa shape index (κ2) is 39.3. The van der Waals surface area contributed by atoms with E-state index in [1.165, 1.54) is 243 Å². The van der Waals surface area contributed by atoms with Crippen LogP contribution in [-0.4, -0.2) is 7.05 Å². The molecule has 2 heterocycles. The molecule has 0 aliphatic rings. The van der Waals surface area contributed by atoms with E-state index in [4.69, 9.17) is 0 Å². The van der Waals surface area contributed by atoms with E-state index >= 15 is 0 Å². The molecule has 0 atom stereocenters. The summed E-state index contributed by atoms with van der Waals surface area (Å²) < 4.78 is 0. The van der Waals surface area contributed by atoms with Gasteiger partial charge in [-0.2, -0.15) is 0 Å². The first-order valence-corrected chi connectivity index (χ1v) is 48.3. The Morgan fingerprint density at radius 1 is 0.170 bits per heavy atom. The Bertz CT molecular complexity index is 8760. The number of anilines is 2. The lowest BCUT2D eigenvalue weighted by molar-refractivity contribution is 1.25. The van der Waals surface area contributed by atoms with Gasteiger partial charge in [-0.1, -0.05) is 454 Å². The molecule has 0 fully saturated rings. The maximum atomic E-state index is 2.30. The summed E-state index contributed by atoms with van der Waals surface area (Å²) in [5.41, 5.74) is 14.5. The zero-order valence-corrected chi connectivity index (χ0v) is 79.0. The van der Waals surface area contributed by atoms with Crippen molar-refractivity contribution >= 4 is 195 Å². The van der Waals surface area contributed by atoms with Gasteiger partial charge in [0.1, 0.15) is 0 Å². The second-order valence-corrected chi connectivity index (χ2v) is 37.4. The maximum absolute atomic E-state index is 2.30. The Labute approximate surface area is 798 Å². The van der Waals surface area contributed by atoms with Crippen LogP contribution in [0.3, 0.4) is 0 Å². The summed E-state index contributed by atoms with van der Waals surface area (Å²) in [5.74, 6) is 0. The average molecular weight is 1770 g/mol. The number of fused-ring (bicyclic) bond motifs is 11. The summed E-state index contributed by atoms with van der Waals surface area (Å²) in [4.78, 5) is 6.24. The molecule has 0 bridgehead atoms. The zero-order chi connectivity index (χ0) is 91.8. The van der Waals surface area contributed by atoms with Crippen LogP contribution < -0.4 is 4.90 Å². The lowest BCUT2D eigenvalue weighted by Gasteiger charge is -2.19. The fourth-order valence-corrected chi connectivity index (χ4v) is 21.7. The predicted octanol–water partition coefficient (Wildman–Crippen LogP) is 38.7. The van der Waals surface area contributed by atoms with E-state index in [0.717, 1.165) is 0 Å². The Balaban J connectivity index is 0.0000000982. The predicted molar refractivity (Wildman–Crippen MR) is 596 cm³/mol. The molecule has 25 aromatic carbocycles. The van der Waals surface area contributed by atoms with E-state index in [9.17, 15) is 0 Å². The Morgan fingerprint density at radius 2 is 0.548 bits per heavy atom. The first-order chi connectivity index (χ1) is 66.3. The summed E-state index contributed by atoms with van der Waals surface area (Å²) in [6.07, 6.45) is 0. The van der Waals surface area contributed by atoms with E-state index < -0.39 is 0 Å². The number of thiophene rings is 2. The van der Waals surface area contributed by atoms with Crippen molar-refractivity contribution in [3.63, 3.8) is 0 Å². The van der Waals surface area contributed by atoms with Gasteiger partial charge in [-0.05, 0) is 286 Å². The number of benzene rings is 25. The van der Waals surface area contributed by atoms with E-state index in [2.05, 4.69) is 534 Å². The summed E-state index contributed by atoms with van der Waals surface area (Å²) in [7, 11) is 2.16. The van der Waals surface area contributed by atoms with Crippen LogP contribution in [0.5, 0.6) is 0 Å². The highest BCUT2D eigenvalue weighted by molar-refractivity contribution is 7.25. The van der Waals surface area contributed by atoms with Gasteiger partial charge in [0.15, 0.2) is 0 Å². The molecule has 0 spiro atoms. The minimum absolute atomic E-state index is 1.24. The minimum atomic E-state index is 1.24. The third-order valence-electron chi connectivity index (χ3n) is 26.5. The van der Waals surface area contributed by atoms with Crippen molar-refractivity contribution in [2.45, 2.75) is 48.5 Å². The molecule has 648 valence electrons. The van der Waals surface area contributed by atoms with Crippen LogP contribution in [0.15, 0.2) is 479 Å². The molecule has 0 amide bonds. The SMILES string of the molecule is CN(c1ccc(-c2ccc(-c3cccc4ccccc34)s2)s1)c1cccc2ccccc12.Cc1c2ccccc2cc2ccccc12.Cc1cc2ccccc2c2ccccc12.Cc1ccc(-c2ccccc2)cc1.Cc1ccc2c3cccc4cccc(c5cccc1c52)c43.Cc1ccc2ccc3cccc4ccc1c2c34.Cc1ccc2ccccc2c1.Cc1cccc2ccccc12. The molecular formula is C132H103NS2. The molecule has 0 saturated heterocycles. The normalized spacial score (nSPS) is 11.1. The van der Waals surface area contributed by atoms with Crippen LogP contribution in [0.1, 0.15) is 38.9 Å². The summed E-state index contributed by atoms with van der Waals surface area (Å²) in [6, 6.07) is 171. The molecule has 0 aliphatic carbocycles. The zero-order valence-electron chi connectivity index (χ0n) is 77.4. The van der Waals surface area contributed by atoms with E-state index in [-0.39, 0.29) is 0 Å². The van der Waals surface area contributed by atoms with Crippen LogP contribution >= 0.6 is 22.7 Å². The van der Waals surface area contributed by atoms with Crippen molar-refractivity contribution in [3.8, 4) is 31.3 Å². The van der Waals surface area contributed by atoms with Crippen molar-refractivity contribution in [1.82, 2.24) is 0 Å². The number of hydrogen-bond acceptors (Lipinski definition) is 3. The summed E-state index contributed by atoms with van der Waals surface area (Å²) in [5, 5.41) is 41.7. The van der Waals surface area contributed by atoms with Gasteiger partial charge in [-0.25, -0.2) is 0 Å². The lowest BCUT2D eigenvalue weighted by Crippen LogP contribution is -2.07. The van der Waals surface area contributed by atoms with Crippen LogP contribution in [0.25, 0.3) is 193 Å². The van der Waals surface area contributed by atoms with E-state index in [1.54, 1.807) is 0 Å². The smallest absolute Gasteiger partial charge is 0.0957 e. The van der Waals surface area contributed by atoms with Gasteiger partial charge in [0.25, 0.3) is 0 Å². The molecule has 135 heavy (non-hydrogen) atoms. The molecule has 27 aromatic rings. The van der Waals surface area contributed by atoms with Gasteiger partial charge in [0.2, 0.25) is 0 Å². The second-order valence-electron chi connectivity index (χ2n) is 35.3. The molecule has 0 N–H and O–H groups in total. The van der Waals surface area contributed by atoms with Crippen molar-refractivity contribution in [2.24, 2.45) is 0 Å². The van der Waals surface area contributed by atoms with Gasteiger partial charge in [0, 0.05) is 32.8 Å². The quantitative estimate of drug-likeness (QED) is 0.123. The van der Waals surface area contributed by atoms with Gasteiger partial charge in [0.05, 0.1) is 5.00 Å². The molecular weight excluding hydrogens is 1660 g/mol. The highest BCUT2D eigenvalue weighted by atomic mass is 32.1. The minimum Gasteiger partial charge on any atom is -0.336 e. The fraction of sp³-hybridized carbons (Fsp3) is 0.0606. The number of hydrogen-bond donors (Lipinski definition) is 0. The number of aryl methyl sites for hydroxylation is 7.